The van der Waals surface area contributed by atoms with Crippen LogP contribution in [0.15, 0.2) is 53.4 Å². The fourth-order valence-electron chi connectivity index (χ4n) is 3.55. The van der Waals surface area contributed by atoms with Crippen molar-refractivity contribution in [3.05, 3.63) is 54.1 Å². The molecule has 8 heteroatoms. The molecule has 2 aromatic carbocycles. The molecule has 1 N–H and O–H groups in total. The lowest BCUT2D eigenvalue weighted by atomic mass is 10.2. The zero-order chi connectivity index (χ0) is 22.3. The Morgan fingerprint density at radius 2 is 1.71 bits per heavy atom. The summed E-state index contributed by atoms with van der Waals surface area (Å²) in [4.78, 5) is 12.5. The predicted octanol–water partition coefficient (Wildman–Crippen LogP) is 3.60. The molecule has 0 bridgehead atoms. The predicted molar refractivity (Wildman–Crippen MR) is 120 cm³/mol. The van der Waals surface area contributed by atoms with Crippen LogP contribution in [0.3, 0.4) is 0 Å². The molecular weight excluding hydrogens is 416 g/mol. The number of rotatable bonds is 10. The molecule has 31 heavy (non-hydrogen) atoms. The molecule has 3 rings (SSSR count). The van der Waals surface area contributed by atoms with E-state index in [9.17, 15) is 13.2 Å². The lowest BCUT2D eigenvalue weighted by Gasteiger charge is -2.20. The van der Waals surface area contributed by atoms with Gasteiger partial charge in [-0.2, -0.15) is 0 Å². The van der Waals surface area contributed by atoms with Crippen molar-refractivity contribution in [2.75, 3.05) is 31.6 Å². The van der Waals surface area contributed by atoms with Gasteiger partial charge in [0.05, 0.1) is 23.8 Å². The van der Waals surface area contributed by atoms with E-state index in [0.717, 1.165) is 19.3 Å². The standard InChI is InChI=1S/C23H30N2O5S/c1-25(31(27,28)22-14-12-20(29-2)13-15-22)19-10-8-18(9-11-19)23(26)24-16-5-17-30-21-6-3-4-7-21/h8-15,21H,3-7,16-17H2,1-2H3,(H,24,26). The summed E-state index contributed by atoms with van der Waals surface area (Å²) >= 11 is 0. The molecule has 1 amide bonds. The third-order valence-electron chi connectivity index (χ3n) is 5.47. The van der Waals surface area contributed by atoms with Gasteiger partial charge in [-0.3, -0.25) is 9.10 Å². The Morgan fingerprint density at radius 1 is 1.06 bits per heavy atom. The number of hydrogen-bond acceptors (Lipinski definition) is 5. The van der Waals surface area contributed by atoms with Crippen molar-refractivity contribution in [2.45, 2.75) is 43.1 Å². The molecule has 0 aromatic heterocycles. The zero-order valence-electron chi connectivity index (χ0n) is 18.0. The van der Waals surface area contributed by atoms with E-state index < -0.39 is 10.0 Å². The van der Waals surface area contributed by atoms with E-state index in [1.54, 1.807) is 36.4 Å². The number of carbonyl (C=O) groups excluding carboxylic acids is 1. The van der Waals surface area contributed by atoms with Gasteiger partial charge in [0, 0.05) is 25.8 Å². The number of anilines is 1. The molecule has 2 aromatic rings. The minimum atomic E-state index is -3.71. The first-order chi connectivity index (χ1) is 14.9. The second-order valence-electron chi connectivity index (χ2n) is 7.58. The van der Waals surface area contributed by atoms with Crippen molar-refractivity contribution >= 4 is 21.6 Å². The Balaban J connectivity index is 1.52. The first-order valence-electron chi connectivity index (χ1n) is 10.5. The molecule has 0 spiro atoms. The fourth-order valence-corrected chi connectivity index (χ4v) is 4.74. The SMILES string of the molecule is COc1ccc(S(=O)(=O)N(C)c2ccc(C(=O)NCCCOC3CCCC3)cc2)cc1. The topological polar surface area (TPSA) is 84.9 Å². The molecule has 1 aliphatic carbocycles. The number of methoxy groups -OCH3 is 1. The molecule has 1 aliphatic rings. The Labute approximate surface area is 184 Å². The summed E-state index contributed by atoms with van der Waals surface area (Å²) in [6.07, 6.45) is 5.92. The van der Waals surface area contributed by atoms with Crippen molar-refractivity contribution in [1.82, 2.24) is 5.32 Å². The third-order valence-corrected chi connectivity index (χ3v) is 7.27. The molecule has 0 unspecified atom stereocenters. The van der Waals surface area contributed by atoms with Crippen LogP contribution in [0.4, 0.5) is 5.69 Å². The van der Waals surface area contributed by atoms with Gasteiger partial charge >= 0.3 is 0 Å². The number of nitrogens with one attached hydrogen (secondary N) is 1. The normalized spacial score (nSPS) is 14.4. The van der Waals surface area contributed by atoms with Gasteiger partial charge in [-0.25, -0.2) is 8.42 Å². The lowest BCUT2D eigenvalue weighted by molar-refractivity contribution is 0.0565. The average Bonchev–Trinajstić information content (AvgIpc) is 3.32. The van der Waals surface area contributed by atoms with Crippen LogP contribution in [0.2, 0.25) is 0 Å². The van der Waals surface area contributed by atoms with E-state index in [2.05, 4.69) is 5.32 Å². The highest BCUT2D eigenvalue weighted by Gasteiger charge is 2.21. The van der Waals surface area contributed by atoms with Gasteiger partial charge in [0.2, 0.25) is 0 Å². The lowest BCUT2D eigenvalue weighted by Crippen LogP contribution is -2.27. The van der Waals surface area contributed by atoms with E-state index in [4.69, 9.17) is 9.47 Å². The number of sulfonamides is 1. The molecular formula is C23H30N2O5S. The summed E-state index contributed by atoms with van der Waals surface area (Å²) in [5.41, 5.74) is 0.952. The fraction of sp³-hybridized carbons (Fsp3) is 0.435. The van der Waals surface area contributed by atoms with E-state index in [1.165, 1.54) is 43.4 Å². The van der Waals surface area contributed by atoms with Crippen molar-refractivity contribution in [1.29, 1.82) is 0 Å². The monoisotopic (exact) mass is 446 g/mol. The Bertz CT molecular complexity index is 952. The highest BCUT2D eigenvalue weighted by molar-refractivity contribution is 7.92. The minimum absolute atomic E-state index is 0.164. The third kappa shape index (κ3) is 5.98. The first-order valence-corrected chi connectivity index (χ1v) is 12.0. The highest BCUT2D eigenvalue weighted by atomic mass is 32.2. The van der Waals surface area contributed by atoms with Crippen molar-refractivity contribution in [3.63, 3.8) is 0 Å². The zero-order valence-corrected chi connectivity index (χ0v) is 18.9. The van der Waals surface area contributed by atoms with E-state index in [-0.39, 0.29) is 10.8 Å². The Morgan fingerprint density at radius 3 is 2.32 bits per heavy atom. The van der Waals surface area contributed by atoms with Crippen LogP contribution >= 0.6 is 0 Å². The summed E-state index contributed by atoms with van der Waals surface area (Å²) in [5, 5.41) is 2.88. The van der Waals surface area contributed by atoms with Crippen LogP contribution in [0, 0.1) is 0 Å². The second kappa shape index (κ2) is 10.6. The molecule has 0 heterocycles. The van der Waals surface area contributed by atoms with Crippen molar-refractivity contribution in [2.24, 2.45) is 0 Å². The Kier molecular flexibility index (Phi) is 7.92. The van der Waals surface area contributed by atoms with Crippen LogP contribution in [0.25, 0.3) is 0 Å². The number of hydrogen-bond donors (Lipinski definition) is 1. The van der Waals surface area contributed by atoms with Gasteiger partial charge in [0.25, 0.3) is 15.9 Å². The first kappa shape index (κ1) is 23.1. The van der Waals surface area contributed by atoms with E-state index in [1.807, 2.05) is 0 Å². The maximum atomic E-state index is 12.8. The van der Waals surface area contributed by atoms with Gasteiger partial charge in [-0.1, -0.05) is 12.8 Å². The summed E-state index contributed by atoms with van der Waals surface area (Å²) in [7, 11) is -0.704. The largest absolute Gasteiger partial charge is 0.497 e. The van der Waals surface area contributed by atoms with Crippen LogP contribution in [-0.2, 0) is 14.8 Å². The summed E-state index contributed by atoms with van der Waals surface area (Å²) in [6, 6.07) is 12.7. The van der Waals surface area contributed by atoms with E-state index >= 15 is 0 Å². The van der Waals surface area contributed by atoms with Gasteiger partial charge in [0.15, 0.2) is 0 Å². The molecule has 0 radical (unpaired) electrons. The number of carbonyl (C=O) groups is 1. The number of nitrogens with zero attached hydrogens (tertiary/aromatic N) is 1. The minimum Gasteiger partial charge on any atom is -0.497 e. The number of ether oxygens (including phenoxy) is 2. The number of amides is 1. The molecule has 1 fully saturated rings. The second-order valence-corrected chi connectivity index (χ2v) is 9.55. The average molecular weight is 447 g/mol. The maximum absolute atomic E-state index is 12.8. The molecule has 1 saturated carbocycles. The summed E-state index contributed by atoms with van der Waals surface area (Å²) < 4.78 is 37.7. The highest BCUT2D eigenvalue weighted by Crippen LogP contribution is 2.24. The molecule has 0 saturated heterocycles. The molecule has 0 atom stereocenters. The smallest absolute Gasteiger partial charge is 0.264 e. The molecule has 7 nitrogen and oxygen atoms in total. The molecule has 168 valence electrons. The summed E-state index contributed by atoms with van der Waals surface area (Å²) in [5.74, 6) is 0.398. The van der Waals surface area contributed by atoms with E-state index in [0.29, 0.717) is 36.3 Å². The Hall–Kier alpha value is -2.58. The van der Waals surface area contributed by atoms with Gasteiger partial charge in [0.1, 0.15) is 5.75 Å². The maximum Gasteiger partial charge on any atom is 0.264 e. The quantitative estimate of drug-likeness (QED) is 0.564. The van der Waals surface area contributed by atoms with Crippen LogP contribution in [-0.4, -0.2) is 47.7 Å². The van der Waals surface area contributed by atoms with Crippen LogP contribution < -0.4 is 14.4 Å². The van der Waals surface area contributed by atoms with Gasteiger partial charge in [-0.05, 0) is 67.8 Å². The van der Waals surface area contributed by atoms with Crippen molar-refractivity contribution < 1.29 is 22.7 Å². The van der Waals surface area contributed by atoms with Crippen molar-refractivity contribution in [3.8, 4) is 5.75 Å². The van der Waals surface area contributed by atoms with Gasteiger partial charge < -0.3 is 14.8 Å². The van der Waals surface area contributed by atoms with Crippen LogP contribution in [0.1, 0.15) is 42.5 Å². The summed E-state index contributed by atoms with van der Waals surface area (Å²) in [6.45, 7) is 1.19. The number of benzene rings is 2. The van der Waals surface area contributed by atoms with Crippen LogP contribution in [0.5, 0.6) is 5.75 Å². The van der Waals surface area contributed by atoms with Gasteiger partial charge in [-0.15, -0.1) is 0 Å². The molecule has 0 aliphatic heterocycles.